The van der Waals surface area contributed by atoms with Gasteiger partial charge in [0.05, 0.1) is 28.9 Å². The van der Waals surface area contributed by atoms with Crippen LogP contribution in [0.4, 0.5) is 17.3 Å². The van der Waals surface area contributed by atoms with Crippen LogP contribution in [0.3, 0.4) is 0 Å². The van der Waals surface area contributed by atoms with E-state index in [-0.39, 0.29) is 12.5 Å². The number of aryl methyl sites for hydroxylation is 2. The smallest absolute Gasteiger partial charge is 0.234 e. The Labute approximate surface area is 223 Å². The van der Waals surface area contributed by atoms with Crippen molar-refractivity contribution in [1.82, 2.24) is 14.9 Å². The van der Waals surface area contributed by atoms with Crippen LogP contribution in [0.25, 0.3) is 0 Å². The largest absolute Gasteiger partial charge is 0.395 e. The lowest BCUT2D eigenvalue weighted by Crippen LogP contribution is -2.34. The first-order valence-corrected chi connectivity index (χ1v) is 13.4. The summed E-state index contributed by atoms with van der Waals surface area (Å²) in [5.41, 5.74) is 5.57. The second-order valence-corrected chi connectivity index (χ2v) is 10.9. The van der Waals surface area contributed by atoms with Crippen LogP contribution in [-0.4, -0.2) is 52.1 Å². The molecule has 0 aliphatic carbocycles. The number of halogens is 1. The van der Waals surface area contributed by atoms with Gasteiger partial charge in [-0.15, -0.1) is 0 Å². The van der Waals surface area contributed by atoms with Crippen LogP contribution in [-0.2, 0) is 23.1 Å². The molecule has 0 saturated carbocycles. The normalized spacial score (nSPS) is 17.5. The Bertz CT molecular complexity index is 1270. The number of likely N-dealkylation sites (tertiary alicyclic amines) is 1. The number of rotatable bonds is 8. The van der Waals surface area contributed by atoms with Crippen LogP contribution >= 0.6 is 11.6 Å². The topological polar surface area (TPSA) is 90.4 Å². The molecule has 1 fully saturated rings. The maximum Gasteiger partial charge on any atom is 0.234 e. The number of nitrogens with one attached hydrogen (secondary N) is 2. The van der Waals surface area contributed by atoms with Gasteiger partial charge in [0, 0.05) is 17.9 Å². The van der Waals surface area contributed by atoms with Crippen molar-refractivity contribution in [2.75, 3.05) is 36.9 Å². The molecule has 2 aliphatic rings. The van der Waals surface area contributed by atoms with E-state index in [1.807, 2.05) is 26.0 Å². The first-order chi connectivity index (χ1) is 17.8. The number of hydrogen-bond donors (Lipinski definition) is 3. The number of aliphatic hydroxyl groups excluding tert-OH is 1. The number of anilines is 3. The summed E-state index contributed by atoms with van der Waals surface area (Å²) in [6, 6.07) is 14.5. The van der Waals surface area contributed by atoms with Crippen molar-refractivity contribution >= 4 is 34.8 Å². The number of nitrogens with zero attached hydrogens (tertiary/aromatic N) is 3. The quantitative estimate of drug-likeness (QED) is 0.385. The standard InChI is InChI=1S/C29H34ClN5O2/c1-29(2)26-21(4-3-5-25(26)33-27(29)37)8-11-24-23(30)18-31-28(34-24)32-22-9-6-19(7-10-22)20-12-14-35(15-13-20)16-17-36/h3-7,9-10,18,20,36H,8,11-17H2,1-2H3,(H,33,37)(H,31,32,34). The number of carbonyl (C=O) groups excluding carboxylic acids is 1. The number of β-amino-alcohol motifs (C(OH)–C–C–N with tert-alkyl or cyclic N) is 1. The lowest BCUT2D eigenvalue weighted by molar-refractivity contribution is -0.119. The molecule has 37 heavy (non-hydrogen) atoms. The monoisotopic (exact) mass is 519 g/mol. The van der Waals surface area contributed by atoms with Crippen LogP contribution in [0.5, 0.6) is 0 Å². The molecule has 0 atom stereocenters. The SMILES string of the molecule is CC1(C)C(=O)Nc2cccc(CCc3nc(Nc4ccc(C5CCN(CCO)CC5)cc4)ncc3Cl)c21. The molecular weight excluding hydrogens is 486 g/mol. The zero-order valence-corrected chi connectivity index (χ0v) is 22.2. The molecule has 3 heterocycles. The second kappa shape index (κ2) is 10.8. The summed E-state index contributed by atoms with van der Waals surface area (Å²) < 4.78 is 0. The molecule has 1 amide bonds. The molecule has 194 valence electrons. The molecule has 0 bridgehead atoms. The fourth-order valence-electron chi connectivity index (χ4n) is 5.53. The Morgan fingerprint density at radius 1 is 1.14 bits per heavy atom. The van der Waals surface area contributed by atoms with Crippen LogP contribution in [0.1, 0.15) is 55.0 Å². The summed E-state index contributed by atoms with van der Waals surface area (Å²) in [6.07, 6.45) is 5.24. The average molecular weight is 520 g/mol. The summed E-state index contributed by atoms with van der Waals surface area (Å²) in [7, 11) is 0. The molecule has 3 aromatic rings. The molecule has 2 aliphatic heterocycles. The van der Waals surface area contributed by atoms with Gasteiger partial charge in [-0.3, -0.25) is 4.79 Å². The van der Waals surface area contributed by atoms with Gasteiger partial charge in [-0.25, -0.2) is 9.97 Å². The van der Waals surface area contributed by atoms with E-state index in [2.05, 4.69) is 50.8 Å². The van der Waals surface area contributed by atoms with Gasteiger partial charge < -0.3 is 20.6 Å². The van der Waals surface area contributed by atoms with Gasteiger partial charge in [0.1, 0.15) is 0 Å². The summed E-state index contributed by atoms with van der Waals surface area (Å²) in [5, 5.41) is 16.0. The van der Waals surface area contributed by atoms with Gasteiger partial charge in [0.25, 0.3) is 0 Å². The Morgan fingerprint density at radius 3 is 2.62 bits per heavy atom. The van der Waals surface area contributed by atoms with Gasteiger partial charge in [0.15, 0.2) is 0 Å². The van der Waals surface area contributed by atoms with Gasteiger partial charge in [-0.2, -0.15) is 0 Å². The van der Waals surface area contributed by atoms with Crippen molar-refractivity contribution in [2.24, 2.45) is 0 Å². The molecule has 0 spiro atoms. The number of carbonyl (C=O) groups is 1. The molecule has 5 rings (SSSR count). The predicted octanol–water partition coefficient (Wildman–Crippen LogP) is 5.06. The molecule has 0 radical (unpaired) electrons. The average Bonchev–Trinajstić information content (AvgIpc) is 3.14. The molecule has 3 N–H and O–H groups in total. The van der Waals surface area contributed by atoms with E-state index >= 15 is 0 Å². The van der Waals surface area contributed by atoms with Crippen LogP contribution < -0.4 is 10.6 Å². The molecule has 7 nitrogen and oxygen atoms in total. The van der Waals surface area contributed by atoms with Gasteiger partial charge in [-0.1, -0.05) is 35.9 Å². The molecule has 8 heteroatoms. The number of hydrogen-bond acceptors (Lipinski definition) is 6. The zero-order valence-electron chi connectivity index (χ0n) is 21.4. The number of piperidine rings is 1. The number of aromatic nitrogens is 2. The Kier molecular flexibility index (Phi) is 7.47. The highest BCUT2D eigenvalue weighted by Gasteiger charge is 2.39. The van der Waals surface area contributed by atoms with E-state index in [9.17, 15) is 4.79 Å². The minimum absolute atomic E-state index is 0.0275. The summed E-state index contributed by atoms with van der Waals surface area (Å²) >= 11 is 6.46. The van der Waals surface area contributed by atoms with Crippen molar-refractivity contribution in [2.45, 2.75) is 50.9 Å². The summed E-state index contributed by atoms with van der Waals surface area (Å²) in [5.74, 6) is 1.09. The van der Waals surface area contributed by atoms with Crippen LogP contribution in [0.2, 0.25) is 5.02 Å². The Hall–Kier alpha value is -3.00. The van der Waals surface area contributed by atoms with E-state index in [4.69, 9.17) is 21.7 Å². The van der Waals surface area contributed by atoms with E-state index in [0.29, 0.717) is 23.3 Å². The first-order valence-electron chi connectivity index (χ1n) is 13.0. The Morgan fingerprint density at radius 2 is 1.89 bits per heavy atom. The summed E-state index contributed by atoms with van der Waals surface area (Å²) in [6.45, 7) is 6.97. The fraction of sp³-hybridized carbons (Fsp3) is 0.414. The fourth-order valence-corrected chi connectivity index (χ4v) is 5.72. The predicted molar refractivity (Wildman–Crippen MR) is 148 cm³/mol. The van der Waals surface area contributed by atoms with Gasteiger partial charge in [0.2, 0.25) is 11.9 Å². The highest BCUT2D eigenvalue weighted by atomic mass is 35.5. The summed E-state index contributed by atoms with van der Waals surface area (Å²) in [4.78, 5) is 23.8. The molecular formula is C29H34ClN5O2. The lowest BCUT2D eigenvalue weighted by Gasteiger charge is -2.31. The van der Waals surface area contributed by atoms with Crippen molar-refractivity contribution in [3.05, 3.63) is 76.1 Å². The zero-order chi connectivity index (χ0) is 26.0. The van der Waals surface area contributed by atoms with Crippen LogP contribution in [0, 0.1) is 0 Å². The van der Waals surface area contributed by atoms with Gasteiger partial charge in [-0.05, 0) is 93.4 Å². The van der Waals surface area contributed by atoms with E-state index in [1.54, 1.807) is 6.20 Å². The Balaban J connectivity index is 1.24. The molecule has 1 aromatic heterocycles. The molecule has 0 unspecified atom stereocenters. The third-order valence-electron chi connectivity index (χ3n) is 7.68. The molecule has 1 saturated heterocycles. The second-order valence-electron chi connectivity index (χ2n) is 10.5. The highest BCUT2D eigenvalue weighted by Crippen LogP contribution is 2.40. The first kappa shape index (κ1) is 25.6. The lowest BCUT2D eigenvalue weighted by atomic mass is 9.82. The number of fused-ring (bicyclic) bond motifs is 1. The van der Waals surface area contributed by atoms with E-state index in [1.165, 1.54) is 5.56 Å². The molecule has 2 aromatic carbocycles. The van der Waals surface area contributed by atoms with Crippen molar-refractivity contribution < 1.29 is 9.90 Å². The maximum absolute atomic E-state index is 12.4. The number of benzene rings is 2. The number of aliphatic hydroxyl groups is 1. The highest BCUT2D eigenvalue weighted by molar-refractivity contribution is 6.31. The van der Waals surface area contributed by atoms with Crippen LogP contribution in [0.15, 0.2) is 48.7 Å². The van der Waals surface area contributed by atoms with E-state index in [0.717, 1.165) is 67.1 Å². The third-order valence-corrected chi connectivity index (χ3v) is 8.00. The van der Waals surface area contributed by atoms with Crippen molar-refractivity contribution in [3.8, 4) is 0 Å². The van der Waals surface area contributed by atoms with Crippen molar-refractivity contribution in [1.29, 1.82) is 0 Å². The third kappa shape index (κ3) is 5.49. The van der Waals surface area contributed by atoms with Crippen molar-refractivity contribution in [3.63, 3.8) is 0 Å². The maximum atomic E-state index is 12.4. The minimum atomic E-state index is -0.559. The number of amides is 1. The van der Waals surface area contributed by atoms with Gasteiger partial charge >= 0.3 is 0 Å². The minimum Gasteiger partial charge on any atom is -0.395 e. The van der Waals surface area contributed by atoms with E-state index < -0.39 is 5.41 Å².